The van der Waals surface area contributed by atoms with Gasteiger partial charge in [0.1, 0.15) is 0 Å². The van der Waals surface area contributed by atoms with Crippen LogP contribution < -0.4 is 33.7 Å². The topological polar surface area (TPSA) is 66.4 Å². The van der Waals surface area contributed by atoms with Crippen LogP contribution in [0, 0.1) is 0 Å². The summed E-state index contributed by atoms with van der Waals surface area (Å²) in [6, 6.07) is 0. The zero-order valence-electron chi connectivity index (χ0n) is 4.04. The summed E-state index contributed by atoms with van der Waals surface area (Å²) in [5.74, 6) is 0. The zero-order chi connectivity index (χ0) is 5.21. The van der Waals surface area contributed by atoms with E-state index in [9.17, 15) is 11.9 Å². The molecule has 0 aliphatic carbocycles. The summed E-state index contributed by atoms with van der Waals surface area (Å²) in [5.41, 5.74) is 0. The van der Waals surface area contributed by atoms with Gasteiger partial charge in [-0.15, -0.1) is 0 Å². The number of hydrogen-bond donors (Lipinski definition) is 0. The normalized spacial score (nSPS) is 10.0. The second kappa shape index (κ2) is 3.97. The van der Waals surface area contributed by atoms with Crippen molar-refractivity contribution in [2.24, 2.45) is 0 Å². The third kappa shape index (κ3) is 11.0. The molecule has 0 aliphatic heterocycles. The summed E-state index contributed by atoms with van der Waals surface area (Å²) < 4.78 is 31.3. The first-order valence-electron chi connectivity index (χ1n) is 1.07. The van der Waals surface area contributed by atoms with E-state index >= 15 is 0 Å². The number of rotatable bonds is 1. The van der Waals surface area contributed by atoms with E-state index in [0.717, 1.165) is 7.11 Å². The van der Waals surface area contributed by atoms with E-state index in [4.69, 9.17) is 0 Å². The van der Waals surface area contributed by atoms with Crippen LogP contribution in [0.2, 0.25) is 0 Å². The Kier molecular flexibility index (Phi) is 6.20. The maximum atomic E-state index is 9.30. The summed E-state index contributed by atoms with van der Waals surface area (Å²) in [7, 11) is 0.840. The molecule has 0 amide bonds. The molecule has 0 spiro atoms. The first-order valence-corrected chi connectivity index (χ1v) is 3.87. The molecule has 0 rings (SSSR count). The van der Waals surface area contributed by atoms with Crippen LogP contribution in [0.5, 0.6) is 0 Å². The predicted octanol–water partition coefficient (Wildman–Crippen LogP) is -4.71. The standard InChI is InChI=1S/CH4O4Se.Na/c1-5-6(2,3)4;/h1H3,(H,2,3,4);/q;+1/p-1. The first kappa shape index (κ1) is 10.9. The molecule has 0 unspecified atom stereocenters. The molecule has 7 heavy (non-hydrogen) atoms. The van der Waals surface area contributed by atoms with Gasteiger partial charge in [-0.05, 0) is 0 Å². The molecule has 0 saturated carbocycles. The van der Waals surface area contributed by atoms with Crippen LogP contribution in [0.3, 0.4) is 0 Å². The second-order valence-electron chi connectivity index (χ2n) is 0.575. The van der Waals surface area contributed by atoms with Gasteiger partial charge in [0.15, 0.2) is 0 Å². The van der Waals surface area contributed by atoms with E-state index in [0.29, 0.717) is 0 Å². The van der Waals surface area contributed by atoms with Gasteiger partial charge < -0.3 is 0 Å². The molecule has 0 saturated heterocycles. The van der Waals surface area contributed by atoms with Crippen LogP contribution in [-0.4, -0.2) is 20.5 Å². The fourth-order valence-electron chi connectivity index (χ4n) is 0. The molecule has 0 aliphatic rings. The fraction of sp³-hybridized carbons (Fsp3) is 1.00. The average molecular weight is 181 g/mol. The van der Waals surface area contributed by atoms with E-state index in [-0.39, 0.29) is 29.6 Å². The Morgan fingerprint density at radius 2 is 1.71 bits per heavy atom. The minimum Gasteiger partial charge on any atom is 1.00 e. The molecular formula is CH3NaO4Se. The minimum atomic E-state index is -5.03. The van der Waals surface area contributed by atoms with Crippen molar-refractivity contribution < 1.29 is 45.2 Å². The van der Waals surface area contributed by atoms with Crippen molar-refractivity contribution in [2.45, 2.75) is 0 Å². The van der Waals surface area contributed by atoms with Crippen LogP contribution in [0.4, 0.5) is 0 Å². The SMILES string of the molecule is CO[Se](=O)(=O)[O-].[Na+]. The summed E-state index contributed by atoms with van der Waals surface area (Å²) in [5, 5.41) is 0. The molecule has 0 heterocycles. The summed E-state index contributed by atoms with van der Waals surface area (Å²) in [4.78, 5) is 0. The average Bonchev–Trinajstić information content (AvgIpc) is 1.35. The first-order chi connectivity index (χ1) is 2.56. The zero-order valence-corrected chi connectivity index (χ0v) is 7.75. The molecule has 0 fully saturated rings. The van der Waals surface area contributed by atoms with Gasteiger partial charge in [0, 0.05) is 0 Å². The van der Waals surface area contributed by atoms with Gasteiger partial charge in [0.2, 0.25) is 0 Å². The Labute approximate surface area is 65.4 Å². The van der Waals surface area contributed by atoms with Gasteiger partial charge in [-0.2, -0.15) is 0 Å². The monoisotopic (exact) mass is 182 g/mol. The van der Waals surface area contributed by atoms with Gasteiger partial charge in [-0.3, -0.25) is 0 Å². The van der Waals surface area contributed by atoms with Gasteiger partial charge in [0.25, 0.3) is 0 Å². The third-order valence-electron chi connectivity index (χ3n) is 0.204. The van der Waals surface area contributed by atoms with E-state index in [2.05, 4.69) is 3.82 Å². The molecule has 4 nitrogen and oxygen atoms in total. The van der Waals surface area contributed by atoms with Crippen LogP contribution in [0.25, 0.3) is 0 Å². The Hall–Kier alpha value is 1.04. The summed E-state index contributed by atoms with van der Waals surface area (Å²) in [6.07, 6.45) is 0. The van der Waals surface area contributed by atoms with Crippen molar-refractivity contribution in [2.75, 3.05) is 7.11 Å². The summed E-state index contributed by atoms with van der Waals surface area (Å²) >= 11 is -5.03. The number of hydrogen-bond acceptors (Lipinski definition) is 4. The van der Waals surface area contributed by atoms with Crippen molar-refractivity contribution in [1.82, 2.24) is 0 Å². The van der Waals surface area contributed by atoms with Crippen LogP contribution >= 0.6 is 0 Å². The van der Waals surface area contributed by atoms with E-state index in [1.54, 1.807) is 0 Å². The van der Waals surface area contributed by atoms with Gasteiger partial charge in [-0.25, -0.2) is 0 Å². The van der Waals surface area contributed by atoms with Crippen LogP contribution in [0.1, 0.15) is 0 Å². The molecule has 0 aromatic heterocycles. The molecule has 6 heteroatoms. The largest absolute Gasteiger partial charge is 1.00 e. The van der Waals surface area contributed by atoms with Crippen molar-refractivity contribution in [3.05, 3.63) is 0 Å². The smallest absolute Gasteiger partial charge is 1.00 e. The molecule has 0 N–H and O–H groups in total. The molecule has 0 aromatic rings. The summed E-state index contributed by atoms with van der Waals surface area (Å²) in [6.45, 7) is 0. The van der Waals surface area contributed by atoms with Gasteiger partial charge in [-0.1, -0.05) is 0 Å². The van der Waals surface area contributed by atoms with Crippen LogP contribution in [0.15, 0.2) is 0 Å². The Morgan fingerprint density at radius 3 is 1.71 bits per heavy atom. The molecule has 0 aromatic carbocycles. The van der Waals surface area contributed by atoms with E-state index in [1.165, 1.54) is 0 Å². The van der Waals surface area contributed by atoms with Crippen molar-refractivity contribution >= 4 is 13.4 Å². The van der Waals surface area contributed by atoms with Gasteiger partial charge in [0.05, 0.1) is 0 Å². The van der Waals surface area contributed by atoms with Crippen LogP contribution in [-0.2, 0) is 11.5 Å². The Morgan fingerprint density at radius 1 is 1.57 bits per heavy atom. The van der Waals surface area contributed by atoms with E-state index in [1.807, 2.05) is 0 Å². The molecule has 0 bridgehead atoms. The fourth-order valence-corrected chi connectivity index (χ4v) is 0. The Balaban J connectivity index is 0. The minimum absolute atomic E-state index is 0. The molecule has 0 radical (unpaired) electrons. The Bertz CT molecular complexity index is 114. The van der Waals surface area contributed by atoms with Crippen molar-refractivity contribution in [1.29, 1.82) is 0 Å². The van der Waals surface area contributed by atoms with E-state index < -0.39 is 13.4 Å². The third-order valence-corrected chi connectivity index (χ3v) is 1.06. The molecule has 0 atom stereocenters. The maximum absolute atomic E-state index is 9.30. The molecular weight excluding hydrogens is 178 g/mol. The predicted molar refractivity (Wildman–Crippen MR) is 14.1 cm³/mol. The maximum Gasteiger partial charge on any atom is 1.00 e. The van der Waals surface area contributed by atoms with Gasteiger partial charge >= 0.3 is 65.7 Å². The quantitative estimate of drug-likeness (QED) is 0.381. The molecule has 38 valence electrons. The van der Waals surface area contributed by atoms with Crippen molar-refractivity contribution in [3.8, 4) is 0 Å². The van der Waals surface area contributed by atoms with Crippen molar-refractivity contribution in [3.63, 3.8) is 0 Å². The second-order valence-corrected chi connectivity index (χ2v) is 2.99.